The van der Waals surface area contributed by atoms with Crippen molar-refractivity contribution >= 4 is 29.9 Å². The van der Waals surface area contributed by atoms with Gasteiger partial charge >= 0.3 is 0 Å². The van der Waals surface area contributed by atoms with E-state index in [1.54, 1.807) is 13.3 Å². The number of aromatic nitrogens is 1. The number of ether oxygens (including phenoxy) is 1. The Labute approximate surface area is 191 Å². The third-order valence-electron chi connectivity index (χ3n) is 4.56. The Hall–Kier alpha value is -1.77. The molecule has 0 bridgehead atoms. The fraction of sp³-hybridized carbons (Fsp3) is 0.545. The van der Waals surface area contributed by atoms with Crippen LogP contribution in [-0.4, -0.2) is 31.1 Å². The molecule has 2 aromatic rings. The number of halogens is 1. The van der Waals surface area contributed by atoms with E-state index in [0.29, 0.717) is 12.4 Å². The van der Waals surface area contributed by atoms with E-state index in [9.17, 15) is 0 Å². The zero-order valence-corrected chi connectivity index (χ0v) is 21.0. The molecule has 2 N–H and O–H groups in total. The van der Waals surface area contributed by atoms with Crippen LogP contribution < -0.4 is 15.4 Å². The summed E-state index contributed by atoms with van der Waals surface area (Å²) in [5.41, 5.74) is 1.06. The number of hydrogen-bond acceptors (Lipinski definition) is 4. The predicted octanol–water partition coefficient (Wildman–Crippen LogP) is 4.63. The van der Waals surface area contributed by atoms with Crippen LogP contribution in [0.4, 0.5) is 0 Å². The molecule has 1 aromatic carbocycles. The summed E-state index contributed by atoms with van der Waals surface area (Å²) in [5.74, 6) is 3.10. The third kappa shape index (κ3) is 7.53. The number of rotatable bonds is 7. The molecule has 0 fully saturated rings. The molecule has 0 radical (unpaired) electrons. The van der Waals surface area contributed by atoms with Gasteiger partial charge in [0.1, 0.15) is 18.1 Å². The minimum absolute atomic E-state index is 0. The number of nitrogens with one attached hydrogen (secondary N) is 2. The first-order valence-electron chi connectivity index (χ1n) is 9.77. The minimum Gasteiger partial charge on any atom is -0.497 e. The van der Waals surface area contributed by atoms with Crippen LogP contribution in [0, 0.1) is 0 Å². The summed E-state index contributed by atoms with van der Waals surface area (Å²) in [6.07, 6.45) is 1.79. The van der Waals surface area contributed by atoms with E-state index in [2.05, 4.69) is 67.4 Å². The van der Waals surface area contributed by atoms with Gasteiger partial charge in [0, 0.05) is 23.9 Å². The van der Waals surface area contributed by atoms with E-state index in [1.165, 1.54) is 5.56 Å². The summed E-state index contributed by atoms with van der Waals surface area (Å²) < 4.78 is 11.2. The lowest BCUT2D eigenvalue weighted by molar-refractivity contribution is 0.383. The third-order valence-corrected chi connectivity index (χ3v) is 4.56. The first-order valence-corrected chi connectivity index (χ1v) is 9.77. The van der Waals surface area contributed by atoms with Gasteiger partial charge in [-0.3, -0.25) is 0 Å². The lowest BCUT2D eigenvalue weighted by Gasteiger charge is -2.27. The molecule has 7 heteroatoms. The molecule has 1 aromatic heterocycles. The molecular formula is C22H35IN4O2. The van der Waals surface area contributed by atoms with Crippen LogP contribution in [0.5, 0.6) is 5.75 Å². The van der Waals surface area contributed by atoms with Gasteiger partial charge in [0.25, 0.3) is 0 Å². The maximum absolute atomic E-state index is 5.83. The Bertz CT molecular complexity index is 794. The zero-order valence-electron chi connectivity index (χ0n) is 18.6. The summed E-state index contributed by atoms with van der Waals surface area (Å²) in [6, 6.07) is 8.17. The zero-order chi connectivity index (χ0) is 20.8. The topological polar surface area (TPSA) is 71.7 Å². The number of aliphatic imine (C=N–C) groups is 1. The molecule has 6 nitrogen and oxygen atoms in total. The van der Waals surface area contributed by atoms with Crippen molar-refractivity contribution in [1.29, 1.82) is 0 Å². The van der Waals surface area contributed by atoms with Gasteiger partial charge in [0.2, 0.25) is 5.89 Å². The maximum atomic E-state index is 5.83. The summed E-state index contributed by atoms with van der Waals surface area (Å²) in [6.45, 7) is 14.7. The van der Waals surface area contributed by atoms with Crippen LogP contribution in [0.3, 0.4) is 0 Å². The van der Waals surface area contributed by atoms with Gasteiger partial charge in [0.05, 0.1) is 13.3 Å². The van der Waals surface area contributed by atoms with E-state index in [1.807, 2.05) is 19.1 Å². The second-order valence-corrected chi connectivity index (χ2v) is 8.53. The highest BCUT2D eigenvalue weighted by atomic mass is 127. The lowest BCUT2D eigenvalue weighted by atomic mass is 9.84. The molecule has 0 aliphatic heterocycles. The summed E-state index contributed by atoms with van der Waals surface area (Å²) in [7, 11) is 1.69. The van der Waals surface area contributed by atoms with Gasteiger partial charge in [-0.05, 0) is 24.6 Å². The smallest absolute Gasteiger partial charge is 0.216 e. The Morgan fingerprint density at radius 1 is 1.17 bits per heavy atom. The second-order valence-electron chi connectivity index (χ2n) is 8.53. The van der Waals surface area contributed by atoms with Crippen molar-refractivity contribution in [2.45, 2.75) is 58.9 Å². The molecule has 0 amide bonds. The van der Waals surface area contributed by atoms with Crippen LogP contribution in [-0.2, 0) is 17.4 Å². The SMILES string of the molecule is CCNC(=NCc1ncc(C(C)(C)C)o1)NCC(C)(C)c1cccc(OC)c1.I. The quantitative estimate of drug-likeness (QED) is 0.320. The monoisotopic (exact) mass is 514 g/mol. The molecule has 0 saturated carbocycles. The number of methoxy groups -OCH3 is 1. The minimum atomic E-state index is -0.0902. The number of hydrogen-bond donors (Lipinski definition) is 2. The Balaban J connectivity index is 0.00000420. The molecule has 1 heterocycles. The summed E-state index contributed by atoms with van der Waals surface area (Å²) in [5, 5.41) is 6.71. The van der Waals surface area contributed by atoms with Crippen LogP contribution in [0.2, 0.25) is 0 Å². The van der Waals surface area contributed by atoms with Gasteiger partial charge in [-0.25, -0.2) is 9.98 Å². The first-order chi connectivity index (χ1) is 13.2. The van der Waals surface area contributed by atoms with Crippen LogP contribution in [0.25, 0.3) is 0 Å². The molecule has 29 heavy (non-hydrogen) atoms. The van der Waals surface area contributed by atoms with E-state index in [-0.39, 0.29) is 34.8 Å². The molecule has 0 unspecified atom stereocenters. The van der Waals surface area contributed by atoms with Gasteiger partial charge in [-0.2, -0.15) is 0 Å². The highest BCUT2D eigenvalue weighted by Crippen LogP contribution is 2.26. The van der Waals surface area contributed by atoms with Crippen LogP contribution in [0.1, 0.15) is 58.8 Å². The van der Waals surface area contributed by atoms with E-state index < -0.39 is 0 Å². The normalized spacial score (nSPS) is 12.3. The molecule has 0 aliphatic rings. The molecule has 162 valence electrons. The Morgan fingerprint density at radius 2 is 1.90 bits per heavy atom. The van der Waals surface area contributed by atoms with E-state index in [4.69, 9.17) is 9.15 Å². The van der Waals surface area contributed by atoms with Gasteiger partial charge in [0.15, 0.2) is 5.96 Å². The van der Waals surface area contributed by atoms with Gasteiger partial charge < -0.3 is 19.8 Å². The van der Waals surface area contributed by atoms with E-state index >= 15 is 0 Å². The summed E-state index contributed by atoms with van der Waals surface area (Å²) >= 11 is 0. The van der Waals surface area contributed by atoms with Crippen LogP contribution >= 0.6 is 24.0 Å². The molecule has 2 rings (SSSR count). The van der Waals surface area contributed by atoms with Crippen molar-refractivity contribution in [3.63, 3.8) is 0 Å². The van der Waals surface area contributed by atoms with Crippen molar-refractivity contribution in [3.8, 4) is 5.75 Å². The van der Waals surface area contributed by atoms with Crippen molar-refractivity contribution in [2.24, 2.45) is 4.99 Å². The molecule has 0 spiro atoms. The van der Waals surface area contributed by atoms with Crippen molar-refractivity contribution in [1.82, 2.24) is 15.6 Å². The highest BCUT2D eigenvalue weighted by Gasteiger charge is 2.22. The standard InChI is InChI=1S/C22H34N4O2.HI/c1-8-23-20(25-14-19-24-13-18(28-19)21(2,3)4)26-15-22(5,6)16-10-9-11-17(12-16)27-7;/h9-13H,8,14-15H2,1-7H3,(H2,23,25,26);1H. The maximum Gasteiger partial charge on any atom is 0.216 e. The first kappa shape index (κ1) is 25.3. The van der Waals surface area contributed by atoms with Gasteiger partial charge in [-0.15, -0.1) is 24.0 Å². The number of oxazole rings is 1. The largest absolute Gasteiger partial charge is 0.497 e. The van der Waals surface area contributed by atoms with Crippen molar-refractivity contribution in [2.75, 3.05) is 20.2 Å². The van der Waals surface area contributed by atoms with Crippen LogP contribution in [0.15, 0.2) is 39.9 Å². The molecule has 0 saturated heterocycles. The second kappa shape index (κ2) is 10.8. The fourth-order valence-electron chi connectivity index (χ4n) is 2.67. The predicted molar refractivity (Wildman–Crippen MR) is 129 cm³/mol. The van der Waals surface area contributed by atoms with Gasteiger partial charge in [-0.1, -0.05) is 46.8 Å². The number of benzene rings is 1. The molecule has 0 aliphatic carbocycles. The summed E-state index contributed by atoms with van der Waals surface area (Å²) in [4.78, 5) is 8.97. The highest BCUT2D eigenvalue weighted by molar-refractivity contribution is 14.0. The Kier molecular flexibility index (Phi) is 9.45. The fourth-order valence-corrected chi connectivity index (χ4v) is 2.67. The average molecular weight is 514 g/mol. The van der Waals surface area contributed by atoms with E-state index in [0.717, 1.165) is 30.6 Å². The Morgan fingerprint density at radius 3 is 2.48 bits per heavy atom. The van der Waals surface area contributed by atoms with Crippen molar-refractivity contribution in [3.05, 3.63) is 47.7 Å². The number of guanidine groups is 1. The van der Waals surface area contributed by atoms with Crippen molar-refractivity contribution < 1.29 is 9.15 Å². The molecular weight excluding hydrogens is 479 g/mol. The average Bonchev–Trinajstić information content (AvgIpc) is 3.13. The number of nitrogens with zero attached hydrogens (tertiary/aromatic N) is 2. The molecule has 0 atom stereocenters. The lowest BCUT2D eigenvalue weighted by Crippen LogP contribution is -2.43.